The second-order valence-electron chi connectivity index (χ2n) is 7.65. The molecule has 0 spiro atoms. The van der Waals surface area contributed by atoms with Gasteiger partial charge in [-0.2, -0.15) is 5.10 Å². The number of aryl methyl sites for hydroxylation is 2. The molecular formula is C21H20N4O5S. The number of anilines is 1. The fraction of sp³-hybridized carbons (Fsp3) is 0.238. The molecule has 0 saturated heterocycles. The quantitative estimate of drug-likeness (QED) is 0.490. The Bertz CT molecular complexity index is 1360. The highest BCUT2D eigenvalue weighted by molar-refractivity contribution is 7.90. The topological polar surface area (TPSA) is 124 Å². The van der Waals surface area contributed by atoms with Gasteiger partial charge in [0.25, 0.3) is 11.6 Å². The Hall–Kier alpha value is -3.53. The number of fused-ring (bicyclic) bond motifs is 1. The van der Waals surface area contributed by atoms with Gasteiger partial charge in [-0.25, -0.2) is 13.1 Å². The largest absolute Gasteiger partial charge is 0.306 e. The van der Waals surface area contributed by atoms with Crippen LogP contribution in [-0.4, -0.2) is 29.0 Å². The van der Waals surface area contributed by atoms with E-state index in [1.54, 1.807) is 0 Å². The first-order valence-corrected chi connectivity index (χ1v) is 11.3. The molecule has 3 aromatic rings. The summed E-state index contributed by atoms with van der Waals surface area (Å²) in [6.07, 6.45) is 0. The lowest BCUT2D eigenvalue weighted by Gasteiger charge is -2.13. The number of carbonyl (C=O) groups is 1. The van der Waals surface area contributed by atoms with Crippen molar-refractivity contribution in [3.63, 3.8) is 0 Å². The third kappa shape index (κ3) is 3.70. The molecule has 1 aliphatic heterocycles. The molecule has 0 bridgehead atoms. The molecule has 31 heavy (non-hydrogen) atoms. The van der Waals surface area contributed by atoms with Crippen LogP contribution in [0.3, 0.4) is 0 Å². The minimum absolute atomic E-state index is 0.136. The lowest BCUT2D eigenvalue weighted by molar-refractivity contribution is -0.385. The number of nitrogens with zero attached hydrogens (tertiary/aromatic N) is 3. The molecule has 2 heterocycles. The summed E-state index contributed by atoms with van der Waals surface area (Å²) in [6.45, 7) is 5.43. The number of aromatic nitrogens is 2. The van der Waals surface area contributed by atoms with Gasteiger partial charge in [0.05, 0.1) is 27.8 Å². The molecule has 1 aromatic heterocycles. The Balaban J connectivity index is 1.81. The molecule has 1 amide bonds. The molecule has 4 rings (SSSR count). The Kier molecular flexibility index (Phi) is 4.89. The summed E-state index contributed by atoms with van der Waals surface area (Å²) in [5.74, 6) is -0.733. The predicted molar refractivity (Wildman–Crippen MR) is 115 cm³/mol. The van der Waals surface area contributed by atoms with E-state index >= 15 is 0 Å². The SMILES string of the molecule is Cc1ccc(-n2nc3c(c2NC(=O)c2cccc([N+](=O)[O-])c2C)CS(=O)(=O)C3)cc1C. The summed E-state index contributed by atoms with van der Waals surface area (Å²) in [5.41, 5.74) is 3.82. The van der Waals surface area contributed by atoms with Crippen molar-refractivity contribution in [3.8, 4) is 5.69 Å². The highest BCUT2D eigenvalue weighted by Crippen LogP contribution is 2.34. The van der Waals surface area contributed by atoms with Crippen LogP contribution in [0.4, 0.5) is 11.5 Å². The van der Waals surface area contributed by atoms with E-state index in [0.29, 0.717) is 16.9 Å². The summed E-state index contributed by atoms with van der Waals surface area (Å²) in [6, 6.07) is 9.93. The van der Waals surface area contributed by atoms with E-state index in [4.69, 9.17) is 0 Å². The number of sulfone groups is 1. The molecule has 0 saturated carbocycles. The van der Waals surface area contributed by atoms with Gasteiger partial charge in [-0.3, -0.25) is 14.9 Å². The van der Waals surface area contributed by atoms with Gasteiger partial charge in [-0.05, 0) is 50.1 Å². The molecule has 160 valence electrons. The fourth-order valence-electron chi connectivity index (χ4n) is 3.66. The summed E-state index contributed by atoms with van der Waals surface area (Å²) in [5, 5.41) is 18.4. The normalized spacial score (nSPS) is 14.3. The highest BCUT2D eigenvalue weighted by atomic mass is 32.2. The predicted octanol–water partition coefficient (Wildman–Crippen LogP) is 3.39. The Morgan fingerprint density at radius 2 is 1.87 bits per heavy atom. The van der Waals surface area contributed by atoms with Crippen molar-refractivity contribution in [2.45, 2.75) is 32.3 Å². The molecule has 0 aliphatic carbocycles. The number of nitrogens with one attached hydrogen (secondary N) is 1. The van der Waals surface area contributed by atoms with Gasteiger partial charge in [0.2, 0.25) is 0 Å². The molecular weight excluding hydrogens is 420 g/mol. The van der Waals surface area contributed by atoms with E-state index in [0.717, 1.165) is 11.1 Å². The Morgan fingerprint density at radius 1 is 1.13 bits per heavy atom. The van der Waals surface area contributed by atoms with E-state index in [9.17, 15) is 23.3 Å². The number of nitro benzene ring substituents is 1. The Morgan fingerprint density at radius 3 is 2.55 bits per heavy atom. The van der Waals surface area contributed by atoms with Gasteiger partial charge in [0.1, 0.15) is 5.82 Å². The standard InChI is InChI=1S/C21H20N4O5S/c1-12-7-8-15(9-13(12)2)24-20(17-10-31(29,30)11-18(17)23-24)22-21(26)16-5-4-6-19(14(16)3)25(27)28/h4-9H,10-11H2,1-3H3,(H,22,26). The van der Waals surface area contributed by atoms with E-state index < -0.39 is 20.7 Å². The van der Waals surface area contributed by atoms with Crippen molar-refractivity contribution in [2.75, 3.05) is 5.32 Å². The average Bonchev–Trinajstić information content (AvgIpc) is 3.16. The van der Waals surface area contributed by atoms with E-state index in [1.807, 2.05) is 32.0 Å². The zero-order valence-corrected chi connectivity index (χ0v) is 18.0. The average molecular weight is 440 g/mol. The second-order valence-corrected chi connectivity index (χ2v) is 9.71. The number of rotatable bonds is 4. The molecule has 1 aliphatic rings. The van der Waals surface area contributed by atoms with Crippen LogP contribution in [0, 0.1) is 30.9 Å². The van der Waals surface area contributed by atoms with Crippen molar-refractivity contribution in [1.82, 2.24) is 9.78 Å². The van der Waals surface area contributed by atoms with E-state index in [2.05, 4.69) is 10.4 Å². The van der Waals surface area contributed by atoms with Gasteiger partial charge in [-0.1, -0.05) is 12.1 Å². The first kappa shape index (κ1) is 20.7. The summed E-state index contributed by atoms with van der Waals surface area (Å²) >= 11 is 0. The fourth-order valence-corrected chi connectivity index (χ4v) is 5.15. The number of nitro groups is 1. The third-order valence-corrected chi connectivity index (χ3v) is 6.94. The zero-order chi connectivity index (χ0) is 22.5. The number of amides is 1. The maximum absolute atomic E-state index is 13.0. The van der Waals surface area contributed by atoms with Crippen LogP contribution in [0.2, 0.25) is 0 Å². The maximum atomic E-state index is 13.0. The van der Waals surface area contributed by atoms with Gasteiger partial charge >= 0.3 is 0 Å². The van der Waals surface area contributed by atoms with Crippen molar-refractivity contribution in [2.24, 2.45) is 0 Å². The van der Waals surface area contributed by atoms with Crippen molar-refractivity contribution in [3.05, 3.63) is 80.0 Å². The van der Waals surface area contributed by atoms with Crippen LogP contribution >= 0.6 is 0 Å². The summed E-state index contributed by atoms with van der Waals surface area (Å²) in [7, 11) is -3.34. The maximum Gasteiger partial charge on any atom is 0.273 e. The van der Waals surface area contributed by atoms with E-state index in [-0.39, 0.29) is 34.1 Å². The molecule has 10 heteroatoms. The highest BCUT2D eigenvalue weighted by Gasteiger charge is 2.33. The first-order chi connectivity index (χ1) is 14.6. The van der Waals surface area contributed by atoms with Gasteiger partial charge in [-0.15, -0.1) is 0 Å². The second kappa shape index (κ2) is 7.31. The lowest BCUT2D eigenvalue weighted by Crippen LogP contribution is -2.18. The third-order valence-electron chi connectivity index (χ3n) is 5.50. The van der Waals surface area contributed by atoms with Crippen LogP contribution in [0.25, 0.3) is 5.69 Å². The van der Waals surface area contributed by atoms with E-state index in [1.165, 1.54) is 29.8 Å². The van der Waals surface area contributed by atoms with Crippen molar-refractivity contribution < 1.29 is 18.1 Å². The molecule has 0 atom stereocenters. The van der Waals surface area contributed by atoms with Gasteiger partial charge < -0.3 is 5.32 Å². The number of hydrogen-bond acceptors (Lipinski definition) is 6. The lowest BCUT2D eigenvalue weighted by atomic mass is 10.1. The number of benzene rings is 2. The smallest absolute Gasteiger partial charge is 0.273 e. The summed E-state index contributed by atoms with van der Waals surface area (Å²) < 4.78 is 25.8. The van der Waals surface area contributed by atoms with Crippen molar-refractivity contribution >= 4 is 27.2 Å². The van der Waals surface area contributed by atoms with Crippen LogP contribution in [-0.2, 0) is 21.3 Å². The van der Waals surface area contributed by atoms with Crippen LogP contribution in [0.5, 0.6) is 0 Å². The van der Waals surface area contributed by atoms with Crippen LogP contribution in [0.15, 0.2) is 36.4 Å². The molecule has 2 aromatic carbocycles. The molecule has 0 fully saturated rings. The van der Waals surface area contributed by atoms with Crippen LogP contribution < -0.4 is 5.32 Å². The monoisotopic (exact) mass is 440 g/mol. The van der Waals surface area contributed by atoms with Crippen molar-refractivity contribution in [1.29, 1.82) is 0 Å². The van der Waals surface area contributed by atoms with Gasteiger partial charge in [0, 0.05) is 22.8 Å². The summed E-state index contributed by atoms with van der Waals surface area (Å²) in [4.78, 5) is 23.7. The molecule has 9 nitrogen and oxygen atoms in total. The number of carbonyl (C=O) groups excluding carboxylic acids is 1. The number of hydrogen-bond donors (Lipinski definition) is 1. The molecule has 0 radical (unpaired) electrons. The minimum atomic E-state index is -3.34. The van der Waals surface area contributed by atoms with Crippen LogP contribution in [0.1, 0.15) is 38.3 Å². The zero-order valence-electron chi connectivity index (χ0n) is 17.2. The van der Waals surface area contributed by atoms with Gasteiger partial charge in [0.15, 0.2) is 9.84 Å². The first-order valence-electron chi connectivity index (χ1n) is 9.51. The Labute approximate surface area is 178 Å². The molecule has 1 N–H and O–H groups in total. The minimum Gasteiger partial charge on any atom is -0.306 e. The molecule has 0 unspecified atom stereocenters.